The van der Waals surface area contributed by atoms with Crippen LogP contribution >= 0.6 is 0 Å². The van der Waals surface area contributed by atoms with E-state index in [1.807, 2.05) is 26.0 Å². The molecule has 4 atom stereocenters. The van der Waals surface area contributed by atoms with Gasteiger partial charge >= 0.3 is 0 Å². The van der Waals surface area contributed by atoms with E-state index in [9.17, 15) is 14.4 Å². The van der Waals surface area contributed by atoms with Crippen molar-refractivity contribution in [3.63, 3.8) is 0 Å². The quantitative estimate of drug-likeness (QED) is 0.659. The molecule has 3 amide bonds. The minimum Gasteiger partial charge on any atom is -0.449 e. The van der Waals surface area contributed by atoms with Crippen molar-refractivity contribution in [3.05, 3.63) is 53.2 Å². The second-order valence-corrected chi connectivity index (χ2v) is 10.1. The number of piperazine rings is 1. The third-order valence-electron chi connectivity index (χ3n) is 7.88. The van der Waals surface area contributed by atoms with Gasteiger partial charge in [0, 0.05) is 20.0 Å². The van der Waals surface area contributed by atoms with Crippen molar-refractivity contribution in [3.8, 4) is 0 Å². The number of morpholine rings is 1. The van der Waals surface area contributed by atoms with Crippen LogP contribution in [0.5, 0.6) is 0 Å². The predicted molar refractivity (Wildman–Crippen MR) is 131 cm³/mol. The number of benzene rings is 1. The fourth-order valence-corrected chi connectivity index (χ4v) is 5.77. The molecule has 0 saturated carbocycles. The highest BCUT2D eigenvalue weighted by molar-refractivity contribution is 6.00. The number of nitrogens with one attached hydrogen (secondary N) is 1. The van der Waals surface area contributed by atoms with Crippen LogP contribution in [0.2, 0.25) is 0 Å². The first-order chi connectivity index (χ1) is 17.4. The Kier molecular flexibility index (Phi) is 6.83. The van der Waals surface area contributed by atoms with Gasteiger partial charge in [-0.15, -0.1) is 0 Å². The van der Waals surface area contributed by atoms with Gasteiger partial charge in [0.1, 0.15) is 24.0 Å². The Hall–Kier alpha value is -3.20. The third-order valence-corrected chi connectivity index (χ3v) is 7.88. The number of rotatable bonds is 6. The Morgan fingerprint density at radius 3 is 2.42 bits per heavy atom. The summed E-state index contributed by atoms with van der Waals surface area (Å²) in [4.78, 5) is 49.6. The number of ether oxygens (including phenoxy) is 1. The van der Waals surface area contributed by atoms with Gasteiger partial charge in [0.05, 0.1) is 13.2 Å². The van der Waals surface area contributed by atoms with Crippen LogP contribution in [0.3, 0.4) is 0 Å². The smallest absolute Gasteiger partial charge is 0.251 e. The second kappa shape index (κ2) is 10.0. The Bertz CT molecular complexity index is 1120. The molecular formula is C27H34N4O5. The molecule has 2 aliphatic heterocycles. The highest BCUT2D eigenvalue weighted by Crippen LogP contribution is 2.36. The first-order valence-corrected chi connectivity index (χ1v) is 12.9. The normalized spacial score (nSPS) is 24.4. The fourth-order valence-electron chi connectivity index (χ4n) is 5.77. The summed E-state index contributed by atoms with van der Waals surface area (Å²) in [6.07, 6.45) is 3.53. The molecule has 0 unspecified atom stereocenters. The van der Waals surface area contributed by atoms with E-state index in [-0.39, 0.29) is 29.6 Å². The minimum atomic E-state index is -1.04. The highest BCUT2D eigenvalue weighted by Gasteiger charge is 2.52. The molecule has 1 N–H and O–H groups in total. The molecule has 3 heterocycles. The summed E-state index contributed by atoms with van der Waals surface area (Å²) in [6.45, 7) is 7.35. The van der Waals surface area contributed by atoms with Crippen LogP contribution in [0.25, 0.3) is 0 Å². The van der Waals surface area contributed by atoms with Gasteiger partial charge in [0.15, 0.2) is 11.9 Å². The summed E-state index contributed by atoms with van der Waals surface area (Å²) in [5.41, 5.74) is 2.76. The van der Waals surface area contributed by atoms with E-state index in [2.05, 4.69) is 22.4 Å². The van der Waals surface area contributed by atoms with Gasteiger partial charge in [0.25, 0.3) is 5.91 Å². The number of hydrogen-bond donors (Lipinski definition) is 1. The molecule has 36 heavy (non-hydrogen) atoms. The van der Waals surface area contributed by atoms with E-state index in [4.69, 9.17) is 9.15 Å². The summed E-state index contributed by atoms with van der Waals surface area (Å²) in [6, 6.07) is 5.62. The summed E-state index contributed by atoms with van der Waals surface area (Å²) in [5.74, 6) is -0.520. The molecule has 1 aliphatic carbocycles. The molecule has 0 spiro atoms. The van der Waals surface area contributed by atoms with Gasteiger partial charge in [0.2, 0.25) is 11.8 Å². The molecule has 5 rings (SSSR count). The lowest BCUT2D eigenvalue weighted by Gasteiger charge is -2.46. The van der Waals surface area contributed by atoms with Gasteiger partial charge in [-0.05, 0) is 35.8 Å². The van der Waals surface area contributed by atoms with Gasteiger partial charge in [-0.3, -0.25) is 14.4 Å². The molecule has 2 aromatic rings. The molecule has 9 heteroatoms. The third kappa shape index (κ3) is 4.40. The number of aryl methyl sites for hydroxylation is 1. The van der Waals surface area contributed by atoms with Crippen LogP contribution in [0.4, 0.5) is 0 Å². The zero-order valence-electron chi connectivity index (χ0n) is 21.1. The van der Waals surface area contributed by atoms with E-state index >= 15 is 0 Å². The molecule has 1 aromatic heterocycles. The Morgan fingerprint density at radius 1 is 1.17 bits per heavy atom. The molecule has 3 aliphatic rings. The van der Waals surface area contributed by atoms with Crippen LogP contribution in [-0.4, -0.2) is 70.9 Å². The van der Waals surface area contributed by atoms with Gasteiger partial charge in [-0.25, -0.2) is 4.98 Å². The average Bonchev–Trinajstić information content (AvgIpc) is 3.52. The van der Waals surface area contributed by atoms with Crippen LogP contribution in [0, 0.1) is 18.8 Å². The van der Waals surface area contributed by atoms with E-state index in [0.29, 0.717) is 57.2 Å². The lowest BCUT2D eigenvalue weighted by Crippen LogP contribution is -2.68. The SMILES string of the molecule is CC[C@@H](C)[C@@H]1C(=O)N[C@H](C2Cc3ccccc3C2)C(=O)N1[C@@H](C(=O)N1CCOCC1)c1coc(C)n1. The van der Waals surface area contributed by atoms with Gasteiger partial charge in [-0.1, -0.05) is 44.5 Å². The summed E-state index contributed by atoms with van der Waals surface area (Å²) >= 11 is 0. The molecule has 192 valence electrons. The van der Waals surface area contributed by atoms with E-state index < -0.39 is 18.1 Å². The van der Waals surface area contributed by atoms with Crippen molar-refractivity contribution < 1.29 is 23.5 Å². The van der Waals surface area contributed by atoms with Crippen molar-refractivity contribution in [1.82, 2.24) is 20.1 Å². The maximum Gasteiger partial charge on any atom is 0.251 e. The van der Waals surface area contributed by atoms with E-state index in [1.54, 1.807) is 11.8 Å². The number of aromatic nitrogens is 1. The zero-order valence-corrected chi connectivity index (χ0v) is 21.1. The van der Waals surface area contributed by atoms with E-state index in [0.717, 1.165) is 0 Å². The lowest BCUT2D eigenvalue weighted by molar-refractivity contribution is -0.163. The maximum absolute atomic E-state index is 14.3. The Balaban J connectivity index is 1.54. The standard InChI is InChI=1S/C27H34N4O5/c1-4-16(2)23-25(32)29-22(20-13-18-7-5-6-8-19(18)14-20)26(33)31(23)24(21-15-36-17(3)28-21)27(34)30-9-11-35-12-10-30/h5-8,15-16,20,22-24H,4,9-14H2,1-3H3,(H,29,32)/t16-,22-,23-,24-/m1/s1. The molecule has 9 nitrogen and oxygen atoms in total. The first kappa shape index (κ1) is 24.5. The van der Waals surface area contributed by atoms with Crippen LogP contribution in [-0.2, 0) is 32.0 Å². The van der Waals surface area contributed by atoms with Crippen molar-refractivity contribution in [1.29, 1.82) is 0 Å². The van der Waals surface area contributed by atoms with Gasteiger partial charge < -0.3 is 24.3 Å². The number of hydrogen-bond acceptors (Lipinski definition) is 6. The van der Waals surface area contributed by atoms with Crippen molar-refractivity contribution in [2.45, 2.75) is 58.2 Å². The van der Waals surface area contributed by atoms with Crippen LogP contribution < -0.4 is 5.32 Å². The van der Waals surface area contributed by atoms with Gasteiger partial charge in [-0.2, -0.15) is 0 Å². The van der Waals surface area contributed by atoms with Crippen LogP contribution in [0.15, 0.2) is 34.9 Å². The predicted octanol–water partition coefficient (Wildman–Crippen LogP) is 2.04. The molecule has 1 aromatic carbocycles. The maximum atomic E-state index is 14.3. The summed E-state index contributed by atoms with van der Waals surface area (Å²) < 4.78 is 10.9. The topological polar surface area (TPSA) is 105 Å². The minimum absolute atomic E-state index is 0.0718. The van der Waals surface area contributed by atoms with E-state index in [1.165, 1.54) is 22.3 Å². The second-order valence-electron chi connectivity index (χ2n) is 10.1. The average molecular weight is 495 g/mol. The Morgan fingerprint density at radius 2 is 1.83 bits per heavy atom. The lowest BCUT2D eigenvalue weighted by atomic mass is 9.86. The number of nitrogens with zero attached hydrogens (tertiary/aromatic N) is 3. The monoisotopic (exact) mass is 494 g/mol. The largest absolute Gasteiger partial charge is 0.449 e. The number of oxazole rings is 1. The molecule has 0 radical (unpaired) electrons. The van der Waals surface area contributed by atoms with Crippen molar-refractivity contribution in [2.24, 2.45) is 11.8 Å². The molecule has 0 bridgehead atoms. The van der Waals surface area contributed by atoms with Crippen molar-refractivity contribution in [2.75, 3.05) is 26.3 Å². The summed E-state index contributed by atoms with van der Waals surface area (Å²) in [7, 11) is 0. The summed E-state index contributed by atoms with van der Waals surface area (Å²) in [5, 5.41) is 3.05. The number of carbonyl (C=O) groups excluding carboxylic acids is 3. The first-order valence-electron chi connectivity index (χ1n) is 12.9. The number of fused-ring (bicyclic) bond motifs is 1. The zero-order chi connectivity index (χ0) is 25.4. The molecule has 2 saturated heterocycles. The molecule has 2 fully saturated rings. The number of amides is 3. The highest BCUT2D eigenvalue weighted by atomic mass is 16.5. The Labute approximate surface area is 211 Å². The van der Waals surface area contributed by atoms with Crippen LogP contribution in [0.1, 0.15) is 49.0 Å². The fraction of sp³-hybridized carbons (Fsp3) is 0.556. The van der Waals surface area contributed by atoms with Crippen molar-refractivity contribution >= 4 is 17.7 Å². The molecular weight excluding hydrogens is 460 g/mol. The number of carbonyl (C=O) groups is 3.